The molecule has 2 N–H and O–H groups in total. The molecule has 0 saturated heterocycles. The molecule has 3 heterocycles. The minimum absolute atomic E-state index is 0.826. The fourth-order valence-electron chi connectivity index (χ4n) is 2.88. The van der Waals surface area contributed by atoms with Gasteiger partial charge in [0.25, 0.3) is 0 Å². The minimum atomic E-state index is 0.826. The largest absolute Gasteiger partial charge is 0.399 e. The third kappa shape index (κ3) is 2.05. The molecule has 106 valence electrons. The Labute approximate surface area is 127 Å². The Morgan fingerprint density at radius 1 is 1.19 bits per heavy atom. The van der Waals surface area contributed by atoms with Crippen LogP contribution in [0.15, 0.2) is 30.6 Å². The maximum atomic E-state index is 5.88. The first-order valence-electron chi connectivity index (χ1n) is 7.10. The zero-order valence-corrected chi connectivity index (χ0v) is 12.7. The molecule has 0 saturated carbocycles. The summed E-state index contributed by atoms with van der Waals surface area (Å²) in [5.41, 5.74) is 9.34. The summed E-state index contributed by atoms with van der Waals surface area (Å²) in [4.78, 5) is 13.7. The lowest BCUT2D eigenvalue weighted by Gasteiger charge is -2.16. The second-order valence-corrected chi connectivity index (χ2v) is 6.48. The first-order valence-corrected chi connectivity index (χ1v) is 7.92. The van der Waals surface area contributed by atoms with Gasteiger partial charge in [0, 0.05) is 23.7 Å². The van der Waals surface area contributed by atoms with E-state index in [1.165, 1.54) is 21.4 Å². The maximum Gasteiger partial charge on any atom is 0.141 e. The van der Waals surface area contributed by atoms with Gasteiger partial charge in [0.2, 0.25) is 0 Å². The van der Waals surface area contributed by atoms with Gasteiger partial charge < -0.3 is 10.6 Å². The van der Waals surface area contributed by atoms with Crippen molar-refractivity contribution in [1.29, 1.82) is 0 Å². The van der Waals surface area contributed by atoms with Crippen LogP contribution in [0.4, 0.5) is 11.5 Å². The van der Waals surface area contributed by atoms with Crippen LogP contribution in [0.1, 0.15) is 22.9 Å². The second kappa shape index (κ2) is 4.70. The number of hydrogen-bond donors (Lipinski definition) is 1. The zero-order chi connectivity index (χ0) is 14.4. The fourth-order valence-corrected chi connectivity index (χ4v) is 3.81. The van der Waals surface area contributed by atoms with E-state index in [9.17, 15) is 0 Å². The lowest BCUT2D eigenvalue weighted by atomic mass is 10.1. The highest BCUT2D eigenvalue weighted by Crippen LogP contribution is 2.35. The van der Waals surface area contributed by atoms with Crippen molar-refractivity contribution in [2.45, 2.75) is 26.4 Å². The number of nitrogens with two attached hydrogens (primary N) is 1. The Kier molecular flexibility index (Phi) is 2.82. The van der Waals surface area contributed by atoms with Crippen LogP contribution in [0.2, 0.25) is 0 Å². The third-order valence-corrected chi connectivity index (χ3v) is 5.15. The molecule has 0 bridgehead atoms. The van der Waals surface area contributed by atoms with Crippen molar-refractivity contribution >= 4 is 33.1 Å². The van der Waals surface area contributed by atoms with E-state index in [-0.39, 0.29) is 0 Å². The van der Waals surface area contributed by atoms with Gasteiger partial charge in [-0.05, 0) is 35.7 Å². The number of fused-ring (bicyclic) bond motifs is 2. The monoisotopic (exact) mass is 296 g/mol. The Morgan fingerprint density at radius 3 is 2.90 bits per heavy atom. The number of aromatic nitrogens is 2. The van der Waals surface area contributed by atoms with Gasteiger partial charge >= 0.3 is 0 Å². The molecule has 0 amide bonds. The molecule has 1 aromatic carbocycles. The van der Waals surface area contributed by atoms with Crippen LogP contribution in [0.3, 0.4) is 0 Å². The summed E-state index contributed by atoms with van der Waals surface area (Å²) in [6, 6.07) is 8.39. The summed E-state index contributed by atoms with van der Waals surface area (Å²) in [6.07, 6.45) is 2.71. The first kappa shape index (κ1) is 12.6. The number of nitrogen functional groups attached to an aromatic ring is 1. The van der Waals surface area contributed by atoms with Gasteiger partial charge in [-0.15, -0.1) is 11.3 Å². The average Bonchev–Trinajstić information content (AvgIpc) is 3.09. The van der Waals surface area contributed by atoms with Gasteiger partial charge in [-0.25, -0.2) is 9.97 Å². The molecule has 4 nitrogen and oxygen atoms in total. The van der Waals surface area contributed by atoms with E-state index in [1.54, 1.807) is 17.7 Å². The molecule has 3 aromatic rings. The molecular weight excluding hydrogens is 280 g/mol. The van der Waals surface area contributed by atoms with Crippen molar-refractivity contribution in [3.63, 3.8) is 0 Å². The van der Waals surface area contributed by atoms with E-state index in [0.717, 1.165) is 35.8 Å². The molecule has 21 heavy (non-hydrogen) atoms. The van der Waals surface area contributed by atoms with Crippen LogP contribution in [-0.4, -0.2) is 9.97 Å². The van der Waals surface area contributed by atoms with Crippen LogP contribution in [0.5, 0.6) is 0 Å². The summed E-state index contributed by atoms with van der Waals surface area (Å²) < 4.78 is 0. The summed E-state index contributed by atoms with van der Waals surface area (Å²) in [5.74, 6) is 1.03. The highest BCUT2D eigenvalue weighted by atomic mass is 32.1. The summed E-state index contributed by atoms with van der Waals surface area (Å²) >= 11 is 1.76. The lowest BCUT2D eigenvalue weighted by molar-refractivity contribution is 0.860. The molecule has 1 aliphatic heterocycles. The molecule has 2 aromatic heterocycles. The zero-order valence-electron chi connectivity index (χ0n) is 11.8. The van der Waals surface area contributed by atoms with Crippen molar-refractivity contribution < 1.29 is 0 Å². The van der Waals surface area contributed by atoms with Crippen LogP contribution < -0.4 is 10.6 Å². The Hall–Kier alpha value is -2.14. The van der Waals surface area contributed by atoms with Crippen LogP contribution in [0.25, 0.3) is 10.2 Å². The maximum absolute atomic E-state index is 5.88. The highest BCUT2D eigenvalue weighted by Gasteiger charge is 2.22. The number of nitrogens with zero attached hydrogens (tertiary/aromatic N) is 3. The van der Waals surface area contributed by atoms with Crippen molar-refractivity contribution in [3.05, 3.63) is 46.6 Å². The standard InChI is InChI=1S/C16H16N4S/c1-2-13-6-14-15(18-9-19-16(14)21-13)20-7-10-3-4-12(17)5-11(10)8-20/h3-6,9H,2,7-8,17H2,1H3. The second-order valence-electron chi connectivity index (χ2n) is 5.37. The van der Waals surface area contributed by atoms with Gasteiger partial charge in [0.1, 0.15) is 17.0 Å². The Morgan fingerprint density at radius 2 is 2.05 bits per heavy atom. The molecule has 4 rings (SSSR count). The molecule has 0 spiro atoms. The molecule has 5 heteroatoms. The van der Waals surface area contributed by atoms with Crippen molar-refractivity contribution in [2.24, 2.45) is 0 Å². The van der Waals surface area contributed by atoms with E-state index in [1.807, 2.05) is 6.07 Å². The number of benzene rings is 1. The van der Waals surface area contributed by atoms with Gasteiger partial charge in [0.15, 0.2) is 0 Å². The summed E-state index contributed by atoms with van der Waals surface area (Å²) in [5, 5.41) is 1.17. The van der Waals surface area contributed by atoms with Crippen LogP contribution in [0, 0.1) is 0 Å². The van der Waals surface area contributed by atoms with Gasteiger partial charge in [-0.1, -0.05) is 13.0 Å². The summed E-state index contributed by atoms with van der Waals surface area (Å²) in [7, 11) is 0. The van der Waals surface area contributed by atoms with Gasteiger partial charge in [-0.2, -0.15) is 0 Å². The Balaban J connectivity index is 1.77. The van der Waals surface area contributed by atoms with E-state index in [2.05, 4.69) is 40.0 Å². The average molecular weight is 296 g/mol. The van der Waals surface area contributed by atoms with E-state index in [0.29, 0.717) is 0 Å². The predicted octanol–water partition coefficient (Wildman–Crippen LogP) is 3.36. The predicted molar refractivity (Wildman–Crippen MR) is 87.5 cm³/mol. The van der Waals surface area contributed by atoms with Gasteiger partial charge in [-0.3, -0.25) is 0 Å². The molecule has 0 radical (unpaired) electrons. The lowest BCUT2D eigenvalue weighted by Crippen LogP contribution is -2.16. The van der Waals surface area contributed by atoms with Crippen LogP contribution in [-0.2, 0) is 19.5 Å². The van der Waals surface area contributed by atoms with Crippen molar-refractivity contribution in [2.75, 3.05) is 10.6 Å². The quantitative estimate of drug-likeness (QED) is 0.737. The normalized spacial score (nSPS) is 13.9. The number of aryl methyl sites for hydroxylation is 1. The third-order valence-electron chi connectivity index (χ3n) is 3.96. The number of rotatable bonds is 2. The van der Waals surface area contributed by atoms with Gasteiger partial charge in [0.05, 0.1) is 5.39 Å². The van der Waals surface area contributed by atoms with E-state index >= 15 is 0 Å². The molecule has 0 atom stereocenters. The van der Waals surface area contributed by atoms with Crippen LogP contribution >= 0.6 is 11.3 Å². The molecule has 0 unspecified atom stereocenters. The number of hydrogen-bond acceptors (Lipinski definition) is 5. The van der Waals surface area contributed by atoms with Crippen molar-refractivity contribution in [1.82, 2.24) is 9.97 Å². The van der Waals surface area contributed by atoms with E-state index in [4.69, 9.17) is 5.73 Å². The molecule has 0 aliphatic carbocycles. The Bertz CT molecular complexity index is 824. The smallest absolute Gasteiger partial charge is 0.141 e. The van der Waals surface area contributed by atoms with E-state index < -0.39 is 0 Å². The summed E-state index contributed by atoms with van der Waals surface area (Å²) in [6.45, 7) is 3.93. The highest BCUT2D eigenvalue weighted by molar-refractivity contribution is 7.18. The fraction of sp³-hybridized carbons (Fsp3) is 0.250. The molecule has 0 fully saturated rings. The first-order chi connectivity index (χ1) is 10.2. The number of thiophene rings is 1. The van der Waals surface area contributed by atoms with Crippen molar-refractivity contribution in [3.8, 4) is 0 Å². The molecular formula is C16H16N4S. The topological polar surface area (TPSA) is 55.0 Å². The SMILES string of the molecule is CCc1cc2c(N3Cc4ccc(N)cc4C3)ncnc2s1. The molecule has 1 aliphatic rings. The minimum Gasteiger partial charge on any atom is -0.399 e. The number of anilines is 2.